The summed E-state index contributed by atoms with van der Waals surface area (Å²) >= 11 is 0. The van der Waals surface area contributed by atoms with Gasteiger partial charge in [-0.3, -0.25) is 0 Å². The van der Waals surface area contributed by atoms with E-state index in [1.807, 2.05) is 6.07 Å². The molecule has 1 unspecified atom stereocenters. The number of furan rings is 1. The average Bonchev–Trinajstić information content (AvgIpc) is 2.96. The minimum atomic E-state index is -0.237. The van der Waals surface area contributed by atoms with Crippen LogP contribution < -0.4 is 5.73 Å². The molecule has 1 atom stereocenters. The van der Waals surface area contributed by atoms with Gasteiger partial charge in [0.2, 0.25) is 0 Å². The van der Waals surface area contributed by atoms with Gasteiger partial charge in [0.25, 0.3) is 0 Å². The fourth-order valence-electron chi connectivity index (χ4n) is 2.75. The minimum Gasteiger partial charge on any atom is -0.459 e. The lowest BCUT2D eigenvalue weighted by Gasteiger charge is -2.15. The Balaban J connectivity index is 1.94. The largest absolute Gasteiger partial charge is 0.459 e. The lowest BCUT2D eigenvalue weighted by atomic mass is 9.97. The number of fused-ring (bicyclic) bond motifs is 1. The molecule has 1 aliphatic carbocycles. The molecular weight excluding hydrogens is 217 g/mol. The van der Waals surface area contributed by atoms with Crippen molar-refractivity contribution in [2.24, 2.45) is 11.7 Å². The first-order chi connectivity index (χ1) is 8.24. The van der Waals surface area contributed by atoms with Crippen molar-refractivity contribution in [2.75, 3.05) is 0 Å². The summed E-state index contributed by atoms with van der Waals surface area (Å²) in [7, 11) is 0. The number of halogens is 1. The molecule has 0 saturated heterocycles. The number of benzene rings is 1. The maximum atomic E-state index is 13.1. The first-order valence-corrected chi connectivity index (χ1v) is 6.18. The van der Waals surface area contributed by atoms with Crippen LogP contribution in [-0.2, 0) is 0 Å². The maximum absolute atomic E-state index is 13.1. The van der Waals surface area contributed by atoms with Crippen LogP contribution in [0.1, 0.15) is 37.5 Å². The van der Waals surface area contributed by atoms with E-state index in [1.54, 1.807) is 6.07 Å². The van der Waals surface area contributed by atoms with Gasteiger partial charge in [0.05, 0.1) is 6.04 Å². The second kappa shape index (κ2) is 4.15. The summed E-state index contributed by atoms with van der Waals surface area (Å²) in [6.07, 6.45) is 4.86. The highest BCUT2D eigenvalue weighted by Crippen LogP contribution is 2.36. The molecule has 1 aromatic heterocycles. The standard InChI is InChI=1S/C14H16FNO/c15-11-5-6-12-10(7-11)8-13(17-12)14(16)9-3-1-2-4-9/h5-9,14H,1-4,16H2. The summed E-state index contributed by atoms with van der Waals surface area (Å²) in [6.45, 7) is 0. The van der Waals surface area contributed by atoms with Crippen molar-refractivity contribution in [1.82, 2.24) is 0 Å². The second-order valence-electron chi connectivity index (χ2n) is 4.90. The Kier molecular flexibility index (Phi) is 2.63. The Morgan fingerprint density at radius 3 is 2.76 bits per heavy atom. The van der Waals surface area contributed by atoms with Crippen LogP contribution in [0.2, 0.25) is 0 Å². The fourth-order valence-corrected chi connectivity index (χ4v) is 2.75. The second-order valence-corrected chi connectivity index (χ2v) is 4.90. The predicted octanol–water partition coefficient (Wildman–Crippen LogP) is 3.76. The number of hydrogen-bond acceptors (Lipinski definition) is 2. The third-order valence-electron chi connectivity index (χ3n) is 3.73. The molecule has 17 heavy (non-hydrogen) atoms. The third kappa shape index (κ3) is 1.95. The van der Waals surface area contributed by atoms with Crippen LogP contribution in [0.4, 0.5) is 4.39 Å². The highest BCUT2D eigenvalue weighted by molar-refractivity contribution is 5.78. The molecule has 0 spiro atoms. The van der Waals surface area contributed by atoms with Crippen molar-refractivity contribution in [3.63, 3.8) is 0 Å². The van der Waals surface area contributed by atoms with E-state index in [0.717, 1.165) is 16.7 Å². The normalized spacial score (nSPS) is 18.9. The van der Waals surface area contributed by atoms with E-state index < -0.39 is 0 Å². The van der Waals surface area contributed by atoms with Crippen LogP contribution in [0.15, 0.2) is 28.7 Å². The lowest BCUT2D eigenvalue weighted by Crippen LogP contribution is -2.18. The Morgan fingerprint density at radius 1 is 1.24 bits per heavy atom. The molecule has 1 saturated carbocycles. The van der Waals surface area contributed by atoms with Crippen LogP contribution in [0.3, 0.4) is 0 Å². The molecule has 0 amide bonds. The zero-order valence-corrected chi connectivity index (χ0v) is 9.66. The Labute approximate surface area is 99.6 Å². The zero-order valence-electron chi connectivity index (χ0n) is 9.66. The summed E-state index contributed by atoms with van der Waals surface area (Å²) in [4.78, 5) is 0. The molecule has 2 N–H and O–H groups in total. The average molecular weight is 233 g/mol. The van der Waals surface area contributed by atoms with Crippen LogP contribution >= 0.6 is 0 Å². The van der Waals surface area contributed by atoms with E-state index in [2.05, 4.69) is 0 Å². The van der Waals surface area contributed by atoms with Crippen molar-refractivity contribution in [2.45, 2.75) is 31.7 Å². The van der Waals surface area contributed by atoms with Crippen LogP contribution in [0, 0.1) is 11.7 Å². The fraction of sp³-hybridized carbons (Fsp3) is 0.429. The highest BCUT2D eigenvalue weighted by Gasteiger charge is 2.25. The highest BCUT2D eigenvalue weighted by atomic mass is 19.1. The van der Waals surface area contributed by atoms with Gasteiger partial charge in [-0.25, -0.2) is 4.39 Å². The van der Waals surface area contributed by atoms with Crippen molar-refractivity contribution >= 4 is 11.0 Å². The third-order valence-corrected chi connectivity index (χ3v) is 3.73. The van der Waals surface area contributed by atoms with Crippen molar-refractivity contribution in [1.29, 1.82) is 0 Å². The van der Waals surface area contributed by atoms with Gasteiger partial charge >= 0.3 is 0 Å². The molecule has 3 rings (SSSR count). The van der Waals surface area contributed by atoms with Crippen LogP contribution in [0.5, 0.6) is 0 Å². The first kappa shape index (κ1) is 10.8. The van der Waals surface area contributed by atoms with Gasteiger partial charge < -0.3 is 10.2 Å². The molecule has 1 fully saturated rings. The first-order valence-electron chi connectivity index (χ1n) is 6.18. The molecule has 3 heteroatoms. The Bertz CT molecular complexity index is 528. The number of hydrogen-bond donors (Lipinski definition) is 1. The zero-order chi connectivity index (χ0) is 11.8. The van der Waals surface area contributed by atoms with Crippen LogP contribution in [0.25, 0.3) is 11.0 Å². The van der Waals surface area contributed by atoms with Gasteiger partial charge in [-0.15, -0.1) is 0 Å². The van der Waals surface area contributed by atoms with Gasteiger partial charge in [0.15, 0.2) is 0 Å². The van der Waals surface area contributed by atoms with Gasteiger partial charge in [-0.05, 0) is 43.0 Å². The SMILES string of the molecule is NC(c1cc2cc(F)ccc2o1)C1CCCC1. The monoisotopic (exact) mass is 233 g/mol. The Hall–Kier alpha value is -1.35. The smallest absolute Gasteiger partial charge is 0.134 e. The summed E-state index contributed by atoms with van der Waals surface area (Å²) in [5.74, 6) is 1.07. The van der Waals surface area contributed by atoms with E-state index in [0.29, 0.717) is 5.92 Å². The molecule has 1 heterocycles. The van der Waals surface area contributed by atoms with E-state index in [4.69, 9.17) is 10.2 Å². The van der Waals surface area contributed by atoms with E-state index in [-0.39, 0.29) is 11.9 Å². The molecule has 0 bridgehead atoms. The quantitative estimate of drug-likeness (QED) is 0.857. The summed E-state index contributed by atoms with van der Waals surface area (Å²) in [6, 6.07) is 6.39. The van der Waals surface area contributed by atoms with E-state index in [9.17, 15) is 4.39 Å². The maximum Gasteiger partial charge on any atom is 0.134 e. The van der Waals surface area contributed by atoms with Gasteiger partial charge in [0.1, 0.15) is 17.2 Å². The van der Waals surface area contributed by atoms with Gasteiger partial charge in [0, 0.05) is 5.39 Å². The lowest BCUT2D eigenvalue weighted by molar-refractivity contribution is 0.380. The molecule has 1 aliphatic rings. The van der Waals surface area contributed by atoms with Gasteiger partial charge in [-0.2, -0.15) is 0 Å². The number of rotatable bonds is 2. The molecule has 2 nitrogen and oxygen atoms in total. The summed E-state index contributed by atoms with van der Waals surface area (Å²) in [5, 5.41) is 0.799. The molecule has 1 aromatic carbocycles. The minimum absolute atomic E-state index is 0.0482. The molecule has 2 aromatic rings. The van der Waals surface area contributed by atoms with Crippen molar-refractivity contribution < 1.29 is 8.81 Å². The molecule has 0 radical (unpaired) electrons. The van der Waals surface area contributed by atoms with Gasteiger partial charge in [-0.1, -0.05) is 12.8 Å². The Morgan fingerprint density at radius 2 is 2.00 bits per heavy atom. The predicted molar refractivity (Wildman–Crippen MR) is 65.1 cm³/mol. The van der Waals surface area contributed by atoms with Crippen molar-refractivity contribution in [3.8, 4) is 0 Å². The van der Waals surface area contributed by atoms with Crippen LogP contribution in [-0.4, -0.2) is 0 Å². The summed E-state index contributed by atoms with van der Waals surface area (Å²) < 4.78 is 18.8. The molecule has 90 valence electrons. The molecule has 0 aliphatic heterocycles. The van der Waals surface area contributed by atoms with E-state index in [1.165, 1.54) is 37.8 Å². The van der Waals surface area contributed by atoms with E-state index >= 15 is 0 Å². The summed E-state index contributed by atoms with van der Waals surface area (Å²) in [5.41, 5.74) is 6.93. The number of nitrogens with two attached hydrogens (primary N) is 1. The topological polar surface area (TPSA) is 39.2 Å². The van der Waals surface area contributed by atoms with Crippen molar-refractivity contribution in [3.05, 3.63) is 35.8 Å². The molecular formula is C14H16FNO.